The third-order valence-electron chi connectivity index (χ3n) is 5.65. The van der Waals surface area contributed by atoms with E-state index in [1.165, 1.54) is 49.7 Å². The third-order valence-corrected chi connectivity index (χ3v) is 5.65. The quantitative estimate of drug-likeness (QED) is 0.509. The van der Waals surface area contributed by atoms with E-state index in [1.807, 2.05) is 0 Å². The minimum atomic E-state index is 0. The van der Waals surface area contributed by atoms with Crippen LogP contribution in [0.5, 0.6) is 0 Å². The van der Waals surface area contributed by atoms with Crippen molar-refractivity contribution in [3.05, 3.63) is 23.3 Å². The molecule has 0 amide bonds. The summed E-state index contributed by atoms with van der Waals surface area (Å²) in [6, 6.07) is 0.653. The molecule has 0 aromatic rings. The predicted octanol–water partition coefficient (Wildman–Crippen LogP) is 1.70. The Balaban J connectivity index is 0.00000200. The summed E-state index contributed by atoms with van der Waals surface area (Å²) >= 11 is 0. The van der Waals surface area contributed by atoms with Gasteiger partial charge in [0.2, 0.25) is 0 Å². The van der Waals surface area contributed by atoms with Crippen LogP contribution in [-0.4, -0.2) is 30.7 Å². The lowest BCUT2D eigenvalue weighted by Gasteiger charge is -2.36. The average molecular weight is 389 g/mol. The van der Waals surface area contributed by atoms with Gasteiger partial charge >= 0.3 is 0 Å². The maximum Gasteiger partial charge on any atom is 0.105 e. The summed E-state index contributed by atoms with van der Waals surface area (Å²) in [6.45, 7) is 12.3. The van der Waals surface area contributed by atoms with Gasteiger partial charge in [0.1, 0.15) is 6.04 Å². The molecule has 1 fully saturated rings. The number of hydrogen-bond acceptors (Lipinski definition) is 0. The highest BCUT2D eigenvalue weighted by molar-refractivity contribution is 5.32. The van der Waals surface area contributed by atoms with Crippen molar-refractivity contribution < 1.29 is 28.5 Å². The van der Waals surface area contributed by atoms with Crippen LogP contribution in [0.2, 0.25) is 0 Å². The van der Waals surface area contributed by atoms with E-state index in [2.05, 4.69) is 46.9 Å². The van der Waals surface area contributed by atoms with E-state index in [0.29, 0.717) is 11.5 Å². The monoisotopic (exact) mass is 389 g/mol. The lowest BCUT2D eigenvalue weighted by Crippen LogP contribution is -3.00. The second-order valence-corrected chi connectivity index (χ2v) is 7.66. The van der Waals surface area contributed by atoms with Gasteiger partial charge in [-0.25, -0.2) is 0 Å². The summed E-state index contributed by atoms with van der Waals surface area (Å²) in [5.41, 5.74) is 3.60. The lowest BCUT2D eigenvalue weighted by molar-refractivity contribution is -0.913. The molecule has 20 heavy (non-hydrogen) atoms. The maximum absolute atomic E-state index is 2.48. The fraction of sp³-hybridized carbons (Fsp3) is 0.778. The molecular weight excluding hydrogens is 357 g/mol. The Kier molecular flexibility index (Phi) is 6.33. The summed E-state index contributed by atoms with van der Waals surface area (Å²) in [5, 5.41) is 0. The number of likely N-dealkylation sites (tertiary alicyclic amines) is 1. The second kappa shape index (κ2) is 6.95. The molecule has 2 rings (SSSR count). The van der Waals surface area contributed by atoms with Crippen molar-refractivity contribution in [2.24, 2.45) is 5.41 Å². The van der Waals surface area contributed by atoms with E-state index < -0.39 is 0 Å². The number of halogens is 1. The zero-order valence-corrected chi connectivity index (χ0v) is 16.2. The van der Waals surface area contributed by atoms with Gasteiger partial charge < -0.3 is 28.5 Å². The van der Waals surface area contributed by atoms with E-state index in [1.54, 1.807) is 11.1 Å². The number of likely N-dealkylation sites (N-methyl/N-ethyl adjacent to an activating group) is 1. The molecule has 1 aliphatic carbocycles. The van der Waals surface area contributed by atoms with E-state index in [-0.39, 0.29) is 24.0 Å². The number of nitrogens with zero attached hydrogens (tertiary/aromatic N) is 1. The molecule has 0 N–H and O–H groups in total. The lowest BCUT2D eigenvalue weighted by atomic mass is 9.72. The van der Waals surface area contributed by atoms with Crippen LogP contribution in [0.25, 0.3) is 0 Å². The average Bonchev–Trinajstić information content (AvgIpc) is 2.76. The minimum Gasteiger partial charge on any atom is -1.00 e. The van der Waals surface area contributed by atoms with Crippen LogP contribution in [0.1, 0.15) is 59.8 Å². The van der Waals surface area contributed by atoms with Crippen LogP contribution >= 0.6 is 0 Å². The molecule has 1 heterocycles. The fourth-order valence-electron chi connectivity index (χ4n) is 3.92. The van der Waals surface area contributed by atoms with Gasteiger partial charge in [0.15, 0.2) is 0 Å². The van der Waals surface area contributed by atoms with Crippen LogP contribution in [0.15, 0.2) is 23.3 Å². The molecule has 0 spiro atoms. The highest BCUT2D eigenvalue weighted by atomic mass is 127. The summed E-state index contributed by atoms with van der Waals surface area (Å²) in [7, 11) is 2.43. The molecular formula is C18H32IN. The molecule has 0 saturated carbocycles. The Morgan fingerprint density at radius 3 is 2.30 bits per heavy atom. The van der Waals surface area contributed by atoms with Crippen molar-refractivity contribution in [2.45, 2.75) is 65.8 Å². The summed E-state index contributed by atoms with van der Waals surface area (Å²) in [4.78, 5) is 0. The normalized spacial score (nSPS) is 26.6. The predicted molar refractivity (Wildman–Crippen MR) is 84.1 cm³/mol. The molecule has 0 radical (unpaired) electrons. The maximum atomic E-state index is 2.48. The van der Waals surface area contributed by atoms with Crippen molar-refractivity contribution in [3.63, 3.8) is 0 Å². The molecule has 1 aliphatic heterocycles. The van der Waals surface area contributed by atoms with E-state index in [9.17, 15) is 0 Å². The largest absolute Gasteiger partial charge is 1.00 e. The first-order chi connectivity index (χ1) is 8.85. The van der Waals surface area contributed by atoms with Crippen LogP contribution in [0.3, 0.4) is 0 Å². The van der Waals surface area contributed by atoms with Gasteiger partial charge in [-0.2, -0.15) is 0 Å². The molecule has 2 heteroatoms. The Labute approximate surface area is 143 Å². The molecule has 2 aliphatic rings. The van der Waals surface area contributed by atoms with Crippen molar-refractivity contribution in [1.29, 1.82) is 0 Å². The van der Waals surface area contributed by atoms with Gasteiger partial charge in [0.05, 0.1) is 20.1 Å². The molecule has 1 saturated heterocycles. The minimum absolute atomic E-state index is 0. The Morgan fingerprint density at radius 2 is 1.75 bits per heavy atom. The molecule has 1 unspecified atom stereocenters. The Bertz CT molecular complexity index is 386. The number of hydrogen-bond donors (Lipinski definition) is 0. The third kappa shape index (κ3) is 3.88. The summed E-state index contributed by atoms with van der Waals surface area (Å²) in [5.74, 6) is 0. The smallest absolute Gasteiger partial charge is 0.105 e. The zero-order valence-electron chi connectivity index (χ0n) is 14.0. The van der Waals surface area contributed by atoms with Crippen molar-refractivity contribution in [1.82, 2.24) is 0 Å². The van der Waals surface area contributed by atoms with Gasteiger partial charge in [-0.05, 0) is 50.2 Å². The molecule has 0 aromatic carbocycles. The van der Waals surface area contributed by atoms with E-state index >= 15 is 0 Å². The van der Waals surface area contributed by atoms with Gasteiger partial charge in [0.25, 0.3) is 0 Å². The highest BCUT2D eigenvalue weighted by Gasteiger charge is 2.32. The number of rotatable bonds is 3. The van der Waals surface area contributed by atoms with Crippen LogP contribution in [0, 0.1) is 5.41 Å². The Morgan fingerprint density at radius 1 is 1.15 bits per heavy atom. The Hall–Kier alpha value is 0.170. The van der Waals surface area contributed by atoms with Crippen molar-refractivity contribution in [3.8, 4) is 0 Å². The molecule has 0 aromatic heterocycles. The summed E-state index contributed by atoms with van der Waals surface area (Å²) in [6.07, 6.45) is 11.7. The van der Waals surface area contributed by atoms with Gasteiger partial charge in [-0.3, -0.25) is 0 Å². The number of allylic oxidation sites excluding steroid dienone is 3. The summed E-state index contributed by atoms with van der Waals surface area (Å²) < 4.78 is 1.24. The van der Waals surface area contributed by atoms with Crippen LogP contribution < -0.4 is 24.0 Å². The molecule has 0 bridgehead atoms. The first-order valence-corrected chi connectivity index (χ1v) is 8.08. The molecule has 1 atom stereocenters. The number of quaternary nitrogens is 1. The van der Waals surface area contributed by atoms with Gasteiger partial charge in [-0.15, -0.1) is 0 Å². The first-order valence-electron chi connectivity index (χ1n) is 8.08. The van der Waals surface area contributed by atoms with E-state index in [0.717, 1.165) is 0 Å². The van der Waals surface area contributed by atoms with Crippen molar-refractivity contribution >= 4 is 0 Å². The second-order valence-electron chi connectivity index (χ2n) is 7.66. The topological polar surface area (TPSA) is 0 Å². The van der Waals surface area contributed by atoms with Gasteiger partial charge in [0, 0.05) is 12.8 Å². The molecule has 116 valence electrons. The van der Waals surface area contributed by atoms with Crippen molar-refractivity contribution in [2.75, 3.05) is 20.1 Å². The highest BCUT2D eigenvalue weighted by Crippen LogP contribution is 2.40. The van der Waals surface area contributed by atoms with Gasteiger partial charge in [-0.1, -0.05) is 25.5 Å². The molecule has 1 nitrogen and oxygen atoms in total. The zero-order chi connectivity index (χ0) is 14.1. The standard InChI is InChI=1S/C18H32N.HI/c1-15-9-8-12-18(3,4)17(15)11-10-16(2)19(5)13-6-7-14-19;/h10-11,16H,6-9,12-14H2,1-5H3;1H/q+1;/p-1. The first kappa shape index (κ1) is 18.2. The SMILES string of the molecule is CC1=C(C=CC(C)[N+]2(C)CCCC2)C(C)(C)CCC1.[I-]. The van der Waals surface area contributed by atoms with Crippen LogP contribution in [0.4, 0.5) is 0 Å². The fourth-order valence-corrected chi connectivity index (χ4v) is 3.92. The van der Waals surface area contributed by atoms with E-state index in [4.69, 9.17) is 0 Å². The van der Waals surface area contributed by atoms with Crippen LogP contribution in [-0.2, 0) is 0 Å².